The van der Waals surface area contributed by atoms with Crippen molar-refractivity contribution in [1.29, 1.82) is 0 Å². The van der Waals surface area contributed by atoms with Crippen LogP contribution in [0.25, 0.3) is 5.69 Å². The van der Waals surface area contributed by atoms with Gasteiger partial charge in [0.25, 0.3) is 5.91 Å². The number of ether oxygens (including phenoxy) is 1. The van der Waals surface area contributed by atoms with Crippen LogP contribution in [0.2, 0.25) is 5.02 Å². The summed E-state index contributed by atoms with van der Waals surface area (Å²) < 4.78 is 21.4. The molecule has 0 aliphatic rings. The normalized spacial score (nSPS) is 13.8. The lowest BCUT2D eigenvalue weighted by Crippen LogP contribution is -2.38. The highest BCUT2D eigenvalue weighted by Crippen LogP contribution is 2.27. The fraction of sp³-hybridized carbons (Fsp3) is 0.320. The standard InChI is InChI=1S/C25H27ClFN3O5/c1-15(2)25(3,34)14-35-22-12-20(29-30(22)21-11-7-6-10-18(21)27)24(33)28-19(13-23(31)32)16-8-4-5-9-17(16)26/h4-12,15,19,34H,13-14H2,1-3H3,(H,28,33)(H,31,32)/t19-,25?/m0/s1. The van der Waals surface area contributed by atoms with E-state index in [0.29, 0.717) is 10.6 Å². The molecule has 1 amide bonds. The van der Waals surface area contributed by atoms with E-state index >= 15 is 0 Å². The molecule has 1 aromatic heterocycles. The Morgan fingerprint density at radius 2 is 1.86 bits per heavy atom. The van der Waals surface area contributed by atoms with Crippen molar-refractivity contribution < 1.29 is 28.9 Å². The zero-order valence-electron chi connectivity index (χ0n) is 19.5. The molecule has 3 N–H and O–H groups in total. The Bertz CT molecular complexity index is 1210. The van der Waals surface area contributed by atoms with Crippen LogP contribution in [0.4, 0.5) is 4.39 Å². The van der Waals surface area contributed by atoms with E-state index in [1.807, 2.05) is 13.8 Å². The lowest BCUT2D eigenvalue weighted by Gasteiger charge is -2.27. The van der Waals surface area contributed by atoms with Gasteiger partial charge in [-0.25, -0.2) is 4.39 Å². The van der Waals surface area contributed by atoms with Crippen LogP contribution >= 0.6 is 11.6 Å². The van der Waals surface area contributed by atoms with Crippen LogP contribution in [0.5, 0.6) is 5.88 Å². The van der Waals surface area contributed by atoms with Crippen molar-refractivity contribution in [2.24, 2.45) is 5.92 Å². The average Bonchev–Trinajstić information content (AvgIpc) is 3.22. The third kappa shape index (κ3) is 6.37. The first-order valence-corrected chi connectivity index (χ1v) is 11.3. The molecule has 0 saturated heterocycles. The number of rotatable bonds is 10. The second-order valence-electron chi connectivity index (χ2n) is 8.68. The summed E-state index contributed by atoms with van der Waals surface area (Å²) in [7, 11) is 0. The SMILES string of the molecule is CC(C)C(C)(O)COc1cc(C(=O)N[C@@H](CC(=O)O)c2ccccc2Cl)nn1-c1ccccc1F. The monoisotopic (exact) mass is 503 g/mol. The van der Waals surface area contributed by atoms with Crippen molar-refractivity contribution in [3.63, 3.8) is 0 Å². The van der Waals surface area contributed by atoms with E-state index in [9.17, 15) is 24.2 Å². The molecule has 35 heavy (non-hydrogen) atoms. The summed E-state index contributed by atoms with van der Waals surface area (Å²) in [6.07, 6.45) is -0.413. The van der Waals surface area contributed by atoms with E-state index < -0.39 is 35.8 Å². The molecule has 10 heteroatoms. The highest BCUT2D eigenvalue weighted by molar-refractivity contribution is 6.31. The number of para-hydroxylation sites is 1. The summed E-state index contributed by atoms with van der Waals surface area (Å²) in [4.78, 5) is 24.5. The molecular weight excluding hydrogens is 477 g/mol. The number of amides is 1. The van der Waals surface area contributed by atoms with Crippen molar-refractivity contribution in [2.75, 3.05) is 6.61 Å². The lowest BCUT2D eigenvalue weighted by molar-refractivity contribution is -0.137. The molecule has 0 bridgehead atoms. The average molecular weight is 504 g/mol. The van der Waals surface area contributed by atoms with Crippen LogP contribution in [-0.4, -0.2) is 44.1 Å². The van der Waals surface area contributed by atoms with Gasteiger partial charge in [-0.1, -0.05) is 55.8 Å². The molecule has 1 unspecified atom stereocenters. The number of halogens is 2. The first kappa shape index (κ1) is 26.2. The van der Waals surface area contributed by atoms with Gasteiger partial charge in [-0.15, -0.1) is 0 Å². The smallest absolute Gasteiger partial charge is 0.305 e. The van der Waals surface area contributed by atoms with Gasteiger partial charge in [-0.2, -0.15) is 9.78 Å². The molecular formula is C25H27ClFN3O5. The van der Waals surface area contributed by atoms with Gasteiger partial charge in [-0.05, 0) is 36.6 Å². The largest absolute Gasteiger partial charge is 0.481 e. The highest BCUT2D eigenvalue weighted by atomic mass is 35.5. The number of aliphatic hydroxyl groups is 1. The Balaban J connectivity index is 1.96. The number of hydrogen-bond donors (Lipinski definition) is 3. The van der Waals surface area contributed by atoms with Crippen LogP contribution in [0.1, 0.15) is 49.3 Å². The van der Waals surface area contributed by atoms with Gasteiger partial charge in [-0.3, -0.25) is 9.59 Å². The number of nitrogens with one attached hydrogen (secondary N) is 1. The Labute approximate surface area is 207 Å². The van der Waals surface area contributed by atoms with Crippen molar-refractivity contribution in [3.05, 3.63) is 76.7 Å². The van der Waals surface area contributed by atoms with Gasteiger partial charge in [0.15, 0.2) is 5.69 Å². The Hall–Kier alpha value is -3.43. The number of hydrogen-bond acceptors (Lipinski definition) is 5. The number of carbonyl (C=O) groups excluding carboxylic acids is 1. The first-order chi connectivity index (χ1) is 16.5. The molecule has 0 spiro atoms. The third-order valence-corrected chi connectivity index (χ3v) is 6.05. The second-order valence-corrected chi connectivity index (χ2v) is 9.08. The third-order valence-electron chi connectivity index (χ3n) is 5.71. The molecule has 1 heterocycles. The van der Waals surface area contributed by atoms with Gasteiger partial charge in [0.1, 0.15) is 18.1 Å². The van der Waals surface area contributed by atoms with Crippen molar-refractivity contribution in [2.45, 2.75) is 38.8 Å². The van der Waals surface area contributed by atoms with Crippen molar-refractivity contribution >= 4 is 23.5 Å². The quantitative estimate of drug-likeness (QED) is 0.378. The van der Waals surface area contributed by atoms with Crippen LogP contribution < -0.4 is 10.1 Å². The minimum Gasteiger partial charge on any atom is -0.481 e. The molecule has 0 aliphatic heterocycles. The summed E-state index contributed by atoms with van der Waals surface area (Å²) >= 11 is 6.22. The van der Waals surface area contributed by atoms with Crippen LogP contribution in [0.15, 0.2) is 54.6 Å². The maximum atomic E-state index is 14.5. The molecule has 8 nitrogen and oxygen atoms in total. The molecule has 2 atom stereocenters. The Morgan fingerprint density at radius 1 is 1.20 bits per heavy atom. The maximum Gasteiger partial charge on any atom is 0.305 e. The molecule has 0 radical (unpaired) electrons. The van der Waals surface area contributed by atoms with Crippen molar-refractivity contribution in [3.8, 4) is 11.6 Å². The van der Waals surface area contributed by atoms with Gasteiger partial charge in [0, 0.05) is 11.1 Å². The fourth-order valence-electron chi connectivity index (χ4n) is 3.16. The summed E-state index contributed by atoms with van der Waals surface area (Å²) in [5.41, 5.74) is -0.847. The molecule has 0 aliphatic carbocycles. The first-order valence-electron chi connectivity index (χ1n) is 11.0. The predicted octanol–water partition coefficient (Wildman–Crippen LogP) is 4.40. The molecule has 186 valence electrons. The highest BCUT2D eigenvalue weighted by Gasteiger charge is 2.28. The van der Waals surface area contributed by atoms with E-state index in [1.54, 1.807) is 37.3 Å². The summed E-state index contributed by atoms with van der Waals surface area (Å²) in [6.45, 7) is 5.13. The maximum absolute atomic E-state index is 14.5. The van der Waals surface area contributed by atoms with Crippen LogP contribution in [0.3, 0.4) is 0 Å². The van der Waals surface area contributed by atoms with Gasteiger partial charge in [0.2, 0.25) is 5.88 Å². The predicted molar refractivity (Wildman–Crippen MR) is 128 cm³/mol. The number of carboxylic acid groups (broad SMARTS) is 1. The van der Waals surface area contributed by atoms with E-state index in [1.165, 1.54) is 24.3 Å². The lowest BCUT2D eigenvalue weighted by atomic mass is 9.94. The second kappa shape index (κ2) is 10.9. The van der Waals surface area contributed by atoms with E-state index in [0.717, 1.165) is 4.68 Å². The summed E-state index contributed by atoms with van der Waals surface area (Å²) in [5.74, 6) is -2.53. The number of benzene rings is 2. The Morgan fingerprint density at radius 3 is 2.49 bits per heavy atom. The van der Waals surface area contributed by atoms with E-state index in [4.69, 9.17) is 16.3 Å². The number of carboxylic acids is 1. The molecule has 0 saturated carbocycles. The molecule has 0 fully saturated rings. The molecule has 3 aromatic rings. The number of nitrogens with zero attached hydrogens (tertiary/aromatic N) is 2. The fourth-order valence-corrected chi connectivity index (χ4v) is 3.43. The van der Waals surface area contributed by atoms with Gasteiger partial charge in [0.05, 0.1) is 18.1 Å². The number of aliphatic carboxylic acids is 1. The van der Waals surface area contributed by atoms with E-state index in [2.05, 4.69) is 10.4 Å². The minimum absolute atomic E-state index is 0.0358. The zero-order valence-corrected chi connectivity index (χ0v) is 20.3. The summed E-state index contributed by atoms with van der Waals surface area (Å²) in [6, 6.07) is 12.8. The van der Waals surface area contributed by atoms with E-state index in [-0.39, 0.29) is 29.8 Å². The van der Waals surface area contributed by atoms with Gasteiger partial charge < -0.3 is 20.3 Å². The number of carbonyl (C=O) groups is 2. The molecule has 2 aromatic carbocycles. The topological polar surface area (TPSA) is 114 Å². The summed E-state index contributed by atoms with van der Waals surface area (Å²) in [5, 5.41) is 27.1. The van der Waals surface area contributed by atoms with Crippen molar-refractivity contribution in [1.82, 2.24) is 15.1 Å². The van der Waals surface area contributed by atoms with Gasteiger partial charge >= 0.3 is 5.97 Å². The Kier molecular flexibility index (Phi) is 8.14. The molecule has 3 rings (SSSR count). The van der Waals surface area contributed by atoms with Crippen LogP contribution in [0, 0.1) is 11.7 Å². The van der Waals surface area contributed by atoms with Crippen LogP contribution in [-0.2, 0) is 4.79 Å². The minimum atomic E-state index is -1.19. The number of aromatic nitrogens is 2. The zero-order chi connectivity index (χ0) is 25.8.